The average molecular weight is 412 g/mol. The van der Waals surface area contributed by atoms with Gasteiger partial charge in [0.1, 0.15) is 30.3 Å². The van der Waals surface area contributed by atoms with E-state index >= 15 is 0 Å². The van der Waals surface area contributed by atoms with Crippen molar-refractivity contribution in [1.82, 2.24) is 19.9 Å². The van der Waals surface area contributed by atoms with Crippen molar-refractivity contribution >= 4 is 16.9 Å². The normalized spacial score (nSPS) is 15.8. The molecule has 0 unspecified atom stereocenters. The van der Waals surface area contributed by atoms with E-state index in [9.17, 15) is 0 Å². The van der Waals surface area contributed by atoms with E-state index in [0.717, 1.165) is 54.4 Å². The van der Waals surface area contributed by atoms with E-state index in [4.69, 9.17) is 9.72 Å². The number of ether oxygens (including phenoxy) is 1. The molecule has 6 heteroatoms. The third-order valence-electron chi connectivity index (χ3n) is 6.38. The van der Waals surface area contributed by atoms with Crippen molar-refractivity contribution in [2.24, 2.45) is 0 Å². The molecule has 2 aromatic carbocycles. The second-order valence-corrected chi connectivity index (χ2v) is 8.48. The number of anilines is 1. The number of aryl methyl sites for hydroxylation is 2. The molecule has 2 aromatic heterocycles. The minimum absolute atomic E-state index is 0.657. The number of nitrogens with one attached hydrogen (secondary N) is 1. The van der Waals surface area contributed by atoms with Gasteiger partial charge in [0.2, 0.25) is 0 Å². The molecule has 0 saturated carbocycles. The van der Waals surface area contributed by atoms with Crippen LogP contribution in [-0.2, 0) is 19.4 Å². The molecule has 31 heavy (non-hydrogen) atoms. The molecule has 1 aliphatic heterocycles. The second-order valence-electron chi connectivity index (χ2n) is 8.48. The fraction of sp³-hybridized carbons (Fsp3) is 0.320. The summed E-state index contributed by atoms with van der Waals surface area (Å²) in [5.74, 6) is 2.99. The van der Waals surface area contributed by atoms with Crippen molar-refractivity contribution in [2.75, 3.05) is 18.1 Å². The van der Waals surface area contributed by atoms with Crippen LogP contribution >= 0.6 is 0 Å². The summed E-state index contributed by atoms with van der Waals surface area (Å²) in [6.45, 7) is 4.26. The number of aromatic amines is 1. The summed E-state index contributed by atoms with van der Waals surface area (Å²) >= 11 is 0. The molecule has 0 bridgehead atoms. The molecule has 1 aliphatic carbocycles. The summed E-state index contributed by atoms with van der Waals surface area (Å²) in [7, 11) is 0. The summed E-state index contributed by atoms with van der Waals surface area (Å²) in [5.41, 5.74) is 8.16. The molecule has 0 amide bonds. The second kappa shape index (κ2) is 7.38. The van der Waals surface area contributed by atoms with E-state index < -0.39 is 0 Å². The first-order chi connectivity index (χ1) is 15.2. The lowest BCUT2D eigenvalue weighted by molar-refractivity contribution is 0.331. The Morgan fingerprint density at radius 3 is 2.84 bits per heavy atom. The van der Waals surface area contributed by atoms with Gasteiger partial charge in [-0.05, 0) is 68.0 Å². The molecule has 6 nitrogen and oxygen atoms in total. The molecule has 0 atom stereocenters. The summed E-state index contributed by atoms with van der Waals surface area (Å²) in [5, 5.41) is 0. The number of hydrogen-bond acceptors (Lipinski definition) is 5. The van der Waals surface area contributed by atoms with Gasteiger partial charge in [-0.3, -0.25) is 0 Å². The Bertz CT molecular complexity index is 1280. The maximum absolute atomic E-state index is 6.11. The predicted molar refractivity (Wildman–Crippen MR) is 121 cm³/mol. The molecule has 0 spiro atoms. The first-order valence-electron chi connectivity index (χ1n) is 11.0. The molecule has 3 heterocycles. The molecule has 156 valence electrons. The van der Waals surface area contributed by atoms with Crippen molar-refractivity contribution in [2.45, 2.75) is 39.2 Å². The molecular weight excluding hydrogens is 386 g/mol. The Balaban J connectivity index is 1.37. The van der Waals surface area contributed by atoms with Crippen LogP contribution in [0, 0.1) is 6.92 Å². The Morgan fingerprint density at radius 1 is 1.00 bits per heavy atom. The van der Waals surface area contributed by atoms with E-state index in [-0.39, 0.29) is 0 Å². The van der Waals surface area contributed by atoms with Crippen LogP contribution in [0.1, 0.15) is 35.5 Å². The highest BCUT2D eigenvalue weighted by atomic mass is 16.5. The van der Waals surface area contributed by atoms with Crippen LogP contribution in [0.2, 0.25) is 0 Å². The largest absolute Gasteiger partial charge is 0.491 e. The number of imidazole rings is 1. The lowest BCUT2D eigenvalue weighted by Gasteiger charge is -2.26. The predicted octanol–water partition coefficient (Wildman–Crippen LogP) is 4.61. The zero-order chi connectivity index (χ0) is 20.8. The fourth-order valence-corrected chi connectivity index (χ4v) is 4.85. The number of H-pyrrole nitrogens is 1. The van der Waals surface area contributed by atoms with Gasteiger partial charge in [-0.2, -0.15) is 0 Å². The monoisotopic (exact) mass is 411 g/mol. The van der Waals surface area contributed by atoms with E-state index in [2.05, 4.69) is 56.3 Å². The molecule has 6 rings (SSSR count). The molecule has 4 aromatic rings. The zero-order valence-electron chi connectivity index (χ0n) is 17.7. The molecule has 2 aliphatic rings. The molecule has 0 saturated heterocycles. The van der Waals surface area contributed by atoms with Gasteiger partial charge in [0.05, 0.1) is 17.6 Å². The zero-order valence-corrected chi connectivity index (χ0v) is 17.7. The maximum atomic E-state index is 6.11. The van der Waals surface area contributed by atoms with Crippen molar-refractivity contribution in [3.8, 4) is 16.9 Å². The summed E-state index contributed by atoms with van der Waals surface area (Å²) in [6.07, 6.45) is 6.29. The third kappa shape index (κ3) is 3.32. The molecule has 0 radical (unpaired) electrons. The van der Waals surface area contributed by atoms with E-state index in [1.165, 1.54) is 40.8 Å². The van der Waals surface area contributed by atoms with Crippen molar-refractivity contribution in [3.05, 3.63) is 65.4 Å². The topological polar surface area (TPSA) is 66.9 Å². The summed E-state index contributed by atoms with van der Waals surface area (Å²) in [4.78, 5) is 19.5. The van der Waals surface area contributed by atoms with Gasteiger partial charge in [-0.1, -0.05) is 12.1 Å². The van der Waals surface area contributed by atoms with Gasteiger partial charge in [-0.25, -0.2) is 15.0 Å². The molecular formula is C25H25N5O. The Hall–Kier alpha value is -3.41. The third-order valence-corrected chi connectivity index (χ3v) is 6.38. The highest BCUT2D eigenvalue weighted by Crippen LogP contribution is 2.33. The number of nitrogens with zero attached hydrogens (tertiary/aromatic N) is 4. The minimum atomic E-state index is 0.657. The van der Waals surface area contributed by atoms with Crippen molar-refractivity contribution < 1.29 is 4.74 Å². The van der Waals surface area contributed by atoms with Crippen LogP contribution in [0.25, 0.3) is 22.2 Å². The number of benzene rings is 2. The summed E-state index contributed by atoms with van der Waals surface area (Å²) in [6, 6.07) is 12.9. The number of aromatic nitrogens is 4. The van der Waals surface area contributed by atoms with E-state index in [0.29, 0.717) is 6.61 Å². The molecule has 0 fully saturated rings. The van der Waals surface area contributed by atoms with E-state index in [1.807, 2.05) is 6.92 Å². The molecule has 1 N–H and O–H groups in total. The lowest BCUT2D eigenvalue weighted by atomic mass is 9.96. The standard InChI is InChI=1S/C25H25N5O/c1-16-28-22-8-6-18(13-23(22)29-16)17-7-9-24-19(12-17)14-30(10-11-31-24)25-20-4-2-3-5-21(20)26-15-27-25/h6-9,12-13,15H,2-5,10-11,14H2,1H3,(H,28,29). The minimum Gasteiger partial charge on any atom is -0.491 e. The fourth-order valence-electron chi connectivity index (χ4n) is 4.85. The van der Waals surface area contributed by atoms with Crippen LogP contribution in [0.3, 0.4) is 0 Å². The van der Waals surface area contributed by atoms with Crippen LogP contribution in [0.4, 0.5) is 5.82 Å². The van der Waals surface area contributed by atoms with Crippen LogP contribution in [0.15, 0.2) is 42.7 Å². The van der Waals surface area contributed by atoms with Crippen LogP contribution in [-0.4, -0.2) is 33.1 Å². The van der Waals surface area contributed by atoms with Gasteiger partial charge in [0.25, 0.3) is 0 Å². The highest BCUT2D eigenvalue weighted by Gasteiger charge is 2.23. The average Bonchev–Trinajstić information content (AvgIpc) is 3.04. The van der Waals surface area contributed by atoms with E-state index in [1.54, 1.807) is 6.33 Å². The quantitative estimate of drug-likeness (QED) is 0.522. The highest BCUT2D eigenvalue weighted by molar-refractivity contribution is 5.82. The van der Waals surface area contributed by atoms with Crippen LogP contribution in [0.5, 0.6) is 5.75 Å². The smallest absolute Gasteiger partial charge is 0.135 e. The Kier molecular flexibility index (Phi) is 4.37. The Labute approximate surface area is 181 Å². The van der Waals surface area contributed by atoms with Gasteiger partial charge in [0.15, 0.2) is 0 Å². The van der Waals surface area contributed by atoms with Crippen molar-refractivity contribution in [1.29, 1.82) is 0 Å². The SMILES string of the molecule is Cc1nc2ccc(-c3ccc4c(c3)CN(c3ncnc5c3CCCC5)CCO4)cc2[nH]1. The number of rotatable bonds is 2. The number of hydrogen-bond donors (Lipinski definition) is 1. The lowest BCUT2D eigenvalue weighted by Crippen LogP contribution is -2.28. The van der Waals surface area contributed by atoms with Gasteiger partial charge in [0, 0.05) is 23.4 Å². The first kappa shape index (κ1) is 18.4. The summed E-state index contributed by atoms with van der Waals surface area (Å²) < 4.78 is 6.11. The Morgan fingerprint density at radius 2 is 1.87 bits per heavy atom. The van der Waals surface area contributed by atoms with Gasteiger partial charge in [-0.15, -0.1) is 0 Å². The maximum Gasteiger partial charge on any atom is 0.135 e. The van der Waals surface area contributed by atoms with Gasteiger partial charge >= 0.3 is 0 Å². The van der Waals surface area contributed by atoms with Crippen molar-refractivity contribution in [3.63, 3.8) is 0 Å². The first-order valence-corrected chi connectivity index (χ1v) is 11.0. The van der Waals surface area contributed by atoms with Gasteiger partial charge < -0.3 is 14.6 Å². The van der Waals surface area contributed by atoms with Crippen LogP contribution < -0.4 is 9.64 Å². The number of fused-ring (bicyclic) bond motifs is 3.